The molecule has 0 spiro atoms. The van der Waals surface area contributed by atoms with Crippen LogP contribution in [0.5, 0.6) is 0 Å². The summed E-state index contributed by atoms with van der Waals surface area (Å²) in [6.07, 6.45) is 0.828. The van der Waals surface area contributed by atoms with Crippen LogP contribution in [0.3, 0.4) is 0 Å². The van der Waals surface area contributed by atoms with E-state index in [1.807, 2.05) is 48.5 Å². The minimum atomic E-state index is -0.110. The lowest BCUT2D eigenvalue weighted by Gasteiger charge is -2.06. The van der Waals surface area contributed by atoms with Crippen molar-refractivity contribution in [2.75, 3.05) is 11.9 Å². The minimum absolute atomic E-state index is 0.110. The van der Waals surface area contributed by atoms with Crippen LogP contribution in [-0.4, -0.2) is 12.5 Å². The van der Waals surface area contributed by atoms with Gasteiger partial charge in [-0.3, -0.25) is 4.79 Å². The van der Waals surface area contributed by atoms with Crippen LogP contribution in [0.2, 0.25) is 0 Å². The summed E-state index contributed by atoms with van der Waals surface area (Å²) in [4.78, 5) is 12.0. The summed E-state index contributed by atoms with van der Waals surface area (Å²) in [6.45, 7) is 0.616. The number of rotatable bonds is 4. The van der Waals surface area contributed by atoms with Crippen molar-refractivity contribution >= 4 is 27.5 Å². The molecule has 0 saturated carbocycles. The summed E-state index contributed by atoms with van der Waals surface area (Å²) in [5, 5.41) is 2.85. The van der Waals surface area contributed by atoms with Crippen molar-refractivity contribution in [2.24, 2.45) is 5.73 Å². The van der Waals surface area contributed by atoms with Crippen molar-refractivity contribution in [2.45, 2.75) is 6.42 Å². The number of hydrogen-bond acceptors (Lipinski definition) is 2. The number of carbonyl (C=O) groups is 1. The van der Waals surface area contributed by atoms with Crippen molar-refractivity contribution in [1.82, 2.24) is 0 Å². The number of anilines is 1. The summed E-state index contributed by atoms with van der Waals surface area (Å²) in [5.74, 6) is -0.110. The Morgan fingerprint density at radius 3 is 2.26 bits per heavy atom. The first kappa shape index (κ1) is 13.8. The van der Waals surface area contributed by atoms with Crippen molar-refractivity contribution in [3.8, 4) is 0 Å². The first-order chi connectivity index (χ1) is 9.19. The van der Waals surface area contributed by atoms with Crippen LogP contribution in [0.1, 0.15) is 15.9 Å². The molecule has 98 valence electrons. The lowest BCUT2D eigenvalue weighted by atomic mass is 10.1. The average Bonchev–Trinajstić information content (AvgIpc) is 2.42. The van der Waals surface area contributed by atoms with Gasteiger partial charge in [0.2, 0.25) is 0 Å². The first-order valence-corrected chi connectivity index (χ1v) is 6.84. The van der Waals surface area contributed by atoms with Gasteiger partial charge in [0.25, 0.3) is 5.91 Å². The third-order valence-electron chi connectivity index (χ3n) is 2.75. The molecule has 0 heterocycles. The number of halogens is 1. The summed E-state index contributed by atoms with van der Waals surface area (Å²) in [6, 6.07) is 15.0. The van der Waals surface area contributed by atoms with E-state index in [4.69, 9.17) is 5.73 Å². The van der Waals surface area contributed by atoms with Crippen LogP contribution >= 0.6 is 15.9 Å². The fourth-order valence-electron chi connectivity index (χ4n) is 1.73. The number of nitrogens with two attached hydrogens (primary N) is 1. The van der Waals surface area contributed by atoms with Gasteiger partial charge in [0.05, 0.1) is 0 Å². The Labute approximate surface area is 121 Å². The van der Waals surface area contributed by atoms with E-state index in [1.54, 1.807) is 0 Å². The molecule has 1 amide bonds. The molecule has 3 nitrogen and oxygen atoms in total. The van der Waals surface area contributed by atoms with E-state index in [0.717, 1.165) is 22.1 Å². The third kappa shape index (κ3) is 3.91. The van der Waals surface area contributed by atoms with E-state index >= 15 is 0 Å². The predicted molar refractivity (Wildman–Crippen MR) is 81.3 cm³/mol. The van der Waals surface area contributed by atoms with Gasteiger partial charge in [0.1, 0.15) is 0 Å². The van der Waals surface area contributed by atoms with E-state index in [2.05, 4.69) is 21.2 Å². The van der Waals surface area contributed by atoms with E-state index in [1.165, 1.54) is 0 Å². The Kier molecular flexibility index (Phi) is 4.71. The second-order valence-electron chi connectivity index (χ2n) is 4.20. The van der Waals surface area contributed by atoms with Crippen molar-refractivity contribution < 1.29 is 4.79 Å². The molecule has 0 aliphatic heterocycles. The highest BCUT2D eigenvalue weighted by molar-refractivity contribution is 9.10. The molecule has 3 N–H and O–H groups in total. The lowest BCUT2D eigenvalue weighted by molar-refractivity contribution is 0.102. The van der Waals surface area contributed by atoms with Crippen LogP contribution in [0.15, 0.2) is 53.0 Å². The topological polar surface area (TPSA) is 55.1 Å². The molecule has 4 heteroatoms. The monoisotopic (exact) mass is 318 g/mol. The zero-order chi connectivity index (χ0) is 13.7. The molecular weight excluding hydrogens is 304 g/mol. The van der Waals surface area contributed by atoms with E-state index in [9.17, 15) is 4.79 Å². The Morgan fingerprint density at radius 2 is 1.68 bits per heavy atom. The summed E-state index contributed by atoms with van der Waals surface area (Å²) >= 11 is 3.36. The van der Waals surface area contributed by atoms with Crippen molar-refractivity contribution in [1.29, 1.82) is 0 Å². The molecule has 0 aliphatic rings. The van der Waals surface area contributed by atoms with Gasteiger partial charge >= 0.3 is 0 Å². The summed E-state index contributed by atoms with van der Waals surface area (Å²) < 4.78 is 0.983. The zero-order valence-electron chi connectivity index (χ0n) is 10.4. The second kappa shape index (κ2) is 6.50. The largest absolute Gasteiger partial charge is 0.330 e. The van der Waals surface area contributed by atoms with Gasteiger partial charge in [-0.25, -0.2) is 0 Å². The first-order valence-electron chi connectivity index (χ1n) is 6.05. The smallest absolute Gasteiger partial charge is 0.255 e. The maximum atomic E-state index is 12.0. The molecule has 19 heavy (non-hydrogen) atoms. The molecule has 0 aromatic heterocycles. The zero-order valence-corrected chi connectivity index (χ0v) is 12.0. The number of benzene rings is 2. The highest BCUT2D eigenvalue weighted by atomic mass is 79.9. The van der Waals surface area contributed by atoms with E-state index in [-0.39, 0.29) is 5.91 Å². The van der Waals surface area contributed by atoms with E-state index < -0.39 is 0 Å². The highest BCUT2D eigenvalue weighted by Gasteiger charge is 2.05. The normalized spacial score (nSPS) is 10.2. The van der Waals surface area contributed by atoms with Crippen LogP contribution in [-0.2, 0) is 6.42 Å². The van der Waals surface area contributed by atoms with Gasteiger partial charge in [0.15, 0.2) is 0 Å². The molecule has 2 aromatic rings. The van der Waals surface area contributed by atoms with Gasteiger partial charge in [-0.05, 0) is 54.9 Å². The van der Waals surface area contributed by atoms with Crippen molar-refractivity contribution in [3.63, 3.8) is 0 Å². The van der Waals surface area contributed by atoms with Crippen LogP contribution in [0.25, 0.3) is 0 Å². The summed E-state index contributed by atoms with van der Waals surface area (Å²) in [7, 11) is 0. The number of hydrogen-bond donors (Lipinski definition) is 2. The Bertz CT molecular complexity index is 549. The molecule has 2 rings (SSSR count). The van der Waals surface area contributed by atoms with Crippen LogP contribution < -0.4 is 11.1 Å². The lowest BCUT2D eigenvalue weighted by Crippen LogP contribution is -2.12. The molecule has 0 fully saturated rings. The van der Waals surface area contributed by atoms with Gasteiger partial charge in [0, 0.05) is 15.7 Å². The van der Waals surface area contributed by atoms with E-state index in [0.29, 0.717) is 12.1 Å². The third-order valence-corrected chi connectivity index (χ3v) is 3.28. The highest BCUT2D eigenvalue weighted by Crippen LogP contribution is 2.15. The standard InChI is InChI=1S/C15H15BrN2O/c16-13-5-7-14(8-6-13)18-15(19)12-3-1-11(2-4-12)9-10-17/h1-8H,9-10,17H2,(H,18,19). The Morgan fingerprint density at radius 1 is 1.05 bits per heavy atom. The maximum Gasteiger partial charge on any atom is 0.255 e. The molecule has 0 aliphatic carbocycles. The predicted octanol–water partition coefficient (Wildman–Crippen LogP) is 3.20. The number of carbonyl (C=O) groups excluding carboxylic acids is 1. The maximum absolute atomic E-state index is 12.0. The van der Waals surface area contributed by atoms with Crippen LogP contribution in [0, 0.1) is 0 Å². The van der Waals surface area contributed by atoms with Gasteiger partial charge in [-0.15, -0.1) is 0 Å². The molecule has 0 radical (unpaired) electrons. The molecule has 0 bridgehead atoms. The Balaban J connectivity index is 2.05. The quantitative estimate of drug-likeness (QED) is 0.909. The fraction of sp³-hybridized carbons (Fsp3) is 0.133. The molecule has 0 saturated heterocycles. The Hall–Kier alpha value is -1.65. The van der Waals surface area contributed by atoms with Crippen LogP contribution in [0.4, 0.5) is 5.69 Å². The SMILES string of the molecule is NCCc1ccc(C(=O)Nc2ccc(Br)cc2)cc1. The van der Waals surface area contributed by atoms with Crippen molar-refractivity contribution in [3.05, 3.63) is 64.1 Å². The molecule has 2 aromatic carbocycles. The molecule has 0 atom stereocenters. The fourth-order valence-corrected chi connectivity index (χ4v) is 1.99. The number of nitrogens with one attached hydrogen (secondary N) is 1. The summed E-state index contributed by atoms with van der Waals surface area (Å²) in [5.41, 5.74) is 8.05. The molecular formula is C15H15BrN2O. The second-order valence-corrected chi connectivity index (χ2v) is 5.11. The van der Waals surface area contributed by atoms with Gasteiger partial charge in [-0.2, -0.15) is 0 Å². The van der Waals surface area contributed by atoms with Gasteiger partial charge in [-0.1, -0.05) is 28.1 Å². The average molecular weight is 319 g/mol. The minimum Gasteiger partial charge on any atom is -0.330 e. The number of amides is 1. The molecule has 0 unspecified atom stereocenters. The van der Waals surface area contributed by atoms with Gasteiger partial charge < -0.3 is 11.1 Å².